The normalized spacial score (nSPS) is 23.8. The molecule has 0 saturated carbocycles. The van der Waals surface area contributed by atoms with Gasteiger partial charge >= 0.3 is 0 Å². The Hall–Kier alpha value is -0.120. The van der Waals surface area contributed by atoms with Crippen LogP contribution in [0.25, 0.3) is 0 Å². The number of rotatable bonds is 5. The molecule has 0 bridgehead atoms. The Kier molecular flexibility index (Phi) is 5.35. The SMILES string of the molecule is CC(C)CCNCC1CCOCO1. The number of hydrogen-bond donors (Lipinski definition) is 1. The van der Waals surface area contributed by atoms with E-state index in [9.17, 15) is 0 Å². The molecule has 0 amide bonds. The van der Waals surface area contributed by atoms with E-state index in [-0.39, 0.29) is 0 Å². The van der Waals surface area contributed by atoms with E-state index in [4.69, 9.17) is 9.47 Å². The number of nitrogens with one attached hydrogen (secondary N) is 1. The molecule has 0 radical (unpaired) electrons. The maximum absolute atomic E-state index is 5.40. The van der Waals surface area contributed by atoms with Crippen molar-refractivity contribution in [1.82, 2.24) is 5.32 Å². The van der Waals surface area contributed by atoms with E-state index in [0.29, 0.717) is 12.9 Å². The standard InChI is InChI=1S/C10H21NO2/c1-9(2)3-5-11-7-10-4-6-12-8-13-10/h9-11H,3-8H2,1-2H3. The van der Waals surface area contributed by atoms with E-state index in [1.807, 2.05) is 0 Å². The summed E-state index contributed by atoms with van der Waals surface area (Å²) in [6.45, 7) is 7.86. The van der Waals surface area contributed by atoms with Crippen molar-refractivity contribution in [3.8, 4) is 0 Å². The van der Waals surface area contributed by atoms with Gasteiger partial charge in [0, 0.05) is 6.54 Å². The zero-order valence-electron chi connectivity index (χ0n) is 8.71. The molecule has 13 heavy (non-hydrogen) atoms. The van der Waals surface area contributed by atoms with Gasteiger partial charge in [0.05, 0.1) is 12.7 Å². The van der Waals surface area contributed by atoms with E-state index in [2.05, 4.69) is 19.2 Å². The lowest BCUT2D eigenvalue weighted by Crippen LogP contribution is -2.34. The molecule has 1 aliphatic rings. The third-order valence-corrected chi connectivity index (χ3v) is 2.24. The average Bonchev–Trinajstić information content (AvgIpc) is 2.14. The van der Waals surface area contributed by atoms with Gasteiger partial charge in [0.1, 0.15) is 6.79 Å². The average molecular weight is 187 g/mol. The third kappa shape index (κ3) is 5.24. The monoisotopic (exact) mass is 187 g/mol. The molecule has 1 saturated heterocycles. The van der Waals surface area contributed by atoms with Crippen LogP contribution in [0.4, 0.5) is 0 Å². The molecular formula is C10H21NO2. The molecule has 3 heteroatoms. The van der Waals surface area contributed by atoms with Gasteiger partial charge in [-0.25, -0.2) is 0 Å². The summed E-state index contributed by atoms with van der Waals surface area (Å²) >= 11 is 0. The Balaban J connectivity index is 1.92. The Morgan fingerprint density at radius 2 is 2.31 bits per heavy atom. The molecule has 0 aromatic carbocycles. The maximum Gasteiger partial charge on any atom is 0.147 e. The van der Waals surface area contributed by atoms with E-state index >= 15 is 0 Å². The van der Waals surface area contributed by atoms with Crippen LogP contribution in [-0.2, 0) is 9.47 Å². The van der Waals surface area contributed by atoms with Crippen molar-refractivity contribution >= 4 is 0 Å². The van der Waals surface area contributed by atoms with Crippen LogP contribution < -0.4 is 5.32 Å². The van der Waals surface area contributed by atoms with Gasteiger partial charge in [0.15, 0.2) is 0 Å². The quantitative estimate of drug-likeness (QED) is 0.660. The predicted molar refractivity (Wildman–Crippen MR) is 52.6 cm³/mol. The highest BCUT2D eigenvalue weighted by molar-refractivity contribution is 4.63. The van der Waals surface area contributed by atoms with E-state index in [0.717, 1.165) is 32.0 Å². The second-order valence-electron chi connectivity index (χ2n) is 3.99. The largest absolute Gasteiger partial charge is 0.355 e. The van der Waals surface area contributed by atoms with Gasteiger partial charge in [-0.3, -0.25) is 0 Å². The van der Waals surface area contributed by atoms with Gasteiger partial charge in [-0.15, -0.1) is 0 Å². The maximum atomic E-state index is 5.40. The van der Waals surface area contributed by atoms with Crippen molar-refractivity contribution in [3.63, 3.8) is 0 Å². The summed E-state index contributed by atoms with van der Waals surface area (Å²) in [5, 5.41) is 3.41. The van der Waals surface area contributed by atoms with E-state index in [1.165, 1.54) is 6.42 Å². The van der Waals surface area contributed by atoms with Gasteiger partial charge in [0.2, 0.25) is 0 Å². The minimum atomic E-state index is 0.362. The molecule has 1 unspecified atom stereocenters. The highest BCUT2D eigenvalue weighted by atomic mass is 16.7. The zero-order valence-corrected chi connectivity index (χ0v) is 8.71. The van der Waals surface area contributed by atoms with Crippen LogP contribution >= 0.6 is 0 Å². The van der Waals surface area contributed by atoms with Crippen LogP contribution in [0.2, 0.25) is 0 Å². The smallest absolute Gasteiger partial charge is 0.147 e. The van der Waals surface area contributed by atoms with Crippen LogP contribution in [-0.4, -0.2) is 32.6 Å². The first kappa shape index (κ1) is 11.0. The van der Waals surface area contributed by atoms with Crippen LogP contribution in [0.3, 0.4) is 0 Å². The van der Waals surface area contributed by atoms with E-state index in [1.54, 1.807) is 0 Å². The molecule has 0 spiro atoms. The van der Waals surface area contributed by atoms with Gasteiger partial charge in [0.25, 0.3) is 0 Å². The first-order valence-corrected chi connectivity index (χ1v) is 5.19. The van der Waals surface area contributed by atoms with Crippen molar-refractivity contribution in [2.75, 3.05) is 26.5 Å². The molecule has 1 atom stereocenters. The predicted octanol–water partition coefficient (Wildman–Crippen LogP) is 1.39. The summed E-state index contributed by atoms with van der Waals surface area (Å²) in [6, 6.07) is 0. The number of ether oxygens (including phenoxy) is 2. The molecule has 78 valence electrons. The summed E-state index contributed by atoms with van der Waals surface area (Å²) in [4.78, 5) is 0. The summed E-state index contributed by atoms with van der Waals surface area (Å²) in [7, 11) is 0. The fourth-order valence-corrected chi connectivity index (χ4v) is 1.32. The third-order valence-electron chi connectivity index (χ3n) is 2.24. The minimum Gasteiger partial charge on any atom is -0.355 e. The minimum absolute atomic E-state index is 0.362. The molecule has 1 heterocycles. The topological polar surface area (TPSA) is 30.5 Å². The van der Waals surface area contributed by atoms with Gasteiger partial charge in [-0.05, 0) is 25.3 Å². The Morgan fingerprint density at radius 1 is 1.46 bits per heavy atom. The molecule has 0 aromatic heterocycles. The summed E-state index contributed by atoms with van der Waals surface area (Å²) in [6.07, 6.45) is 2.62. The lowest BCUT2D eigenvalue weighted by Gasteiger charge is -2.23. The van der Waals surface area contributed by atoms with Crippen LogP contribution in [0.1, 0.15) is 26.7 Å². The van der Waals surface area contributed by atoms with Gasteiger partial charge < -0.3 is 14.8 Å². The van der Waals surface area contributed by atoms with Crippen LogP contribution in [0.5, 0.6) is 0 Å². The van der Waals surface area contributed by atoms with Crippen molar-refractivity contribution < 1.29 is 9.47 Å². The highest BCUT2D eigenvalue weighted by Crippen LogP contribution is 2.04. The molecule has 0 aliphatic carbocycles. The zero-order chi connectivity index (χ0) is 9.52. The van der Waals surface area contributed by atoms with Gasteiger partial charge in [-0.2, -0.15) is 0 Å². The second-order valence-corrected chi connectivity index (χ2v) is 3.99. The van der Waals surface area contributed by atoms with E-state index < -0.39 is 0 Å². The van der Waals surface area contributed by atoms with Crippen molar-refractivity contribution in [2.24, 2.45) is 5.92 Å². The summed E-state index contributed by atoms with van der Waals surface area (Å²) in [5.41, 5.74) is 0. The second kappa shape index (κ2) is 6.35. The van der Waals surface area contributed by atoms with Crippen LogP contribution in [0.15, 0.2) is 0 Å². The van der Waals surface area contributed by atoms with Gasteiger partial charge in [-0.1, -0.05) is 13.8 Å². The molecule has 3 nitrogen and oxygen atoms in total. The Morgan fingerprint density at radius 3 is 2.92 bits per heavy atom. The summed E-state index contributed by atoms with van der Waals surface area (Å²) < 4.78 is 10.5. The first-order chi connectivity index (χ1) is 6.29. The summed E-state index contributed by atoms with van der Waals surface area (Å²) in [5.74, 6) is 0.781. The van der Waals surface area contributed by atoms with Crippen molar-refractivity contribution in [3.05, 3.63) is 0 Å². The van der Waals surface area contributed by atoms with Crippen molar-refractivity contribution in [1.29, 1.82) is 0 Å². The fraction of sp³-hybridized carbons (Fsp3) is 1.00. The Labute approximate surface area is 80.8 Å². The molecule has 0 aromatic rings. The molecule has 1 rings (SSSR count). The fourth-order valence-electron chi connectivity index (χ4n) is 1.32. The first-order valence-electron chi connectivity index (χ1n) is 5.19. The lowest BCUT2D eigenvalue weighted by atomic mass is 10.1. The Bertz CT molecular complexity index is 122. The molecule has 1 aliphatic heterocycles. The van der Waals surface area contributed by atoms with Crippen LogP contribution in [0, 0.1) is 5.92 Å². The lowest BCUT2D eigenvalue weighted by molar-refractivity contribution is -0.137. The molecule has 1 fully saturated rings. The molecule has 1 N–H and O–H groups in total. The number of hydrogen-bond acceptors (Lipinski definition) is 3. The molecular weight excluding hydrogens is 166 g/mol. The highest BCUT2D eigenvalue weighted by Gasteiger charge is 2.12. The van der Waals surface area contributed by atoms with Crippen molar-refractivity contribution in [2.45, 2.75) is 32.8 Å².